The van der Waals surface area contributed by atoms with Gasteiger partial charge in [-0.3, -0.25) is 4.79 Å². The normalized spacial score (nSPS) is 13.8. The van der Waals surface area contributed by atoms with Crippen molar-refractivity contribution in [3.8, 4) is 0 Å². The second-order valence-corrected chi connectivity index (χ2v) is 6.07. The fraction of sp³-hybridized carbons (Fsp3) is 0.471. The standard InChI is InChI=1S/C15H17NOS.C2H6/c1-3-10-4-5-11-9-14(18-13(11)8-10)15(17)16(2)12-6-7-12;1-2/h4-5,8-9,12H,3,6-7H2,1-2H3;1-2H3. The Morgan fingerprint density at radius 3 is 2.60 bits per heavy atom. The van der Waals surface area contributed by atoms with Crippen molar-refractivity contribution < 1.29 is 4.79 Å². The average Bonchev–Trinajstić information content (AvgIpc) is 3.26. The summed E-state index contributed by atoms with van der Waals surface area (Å²) in [7, 11) is 1.92. The third kappa shape index (κ3) is 3.04. The molecule has 0 aliphatic heterocycles. The van der Waals surface area contributed by atoms with Crippen LogP contribution in [0.25, 0.3) is 10.1 Å². The van der Waals surface area contributed by atoms with Gasteiger partial charge in [0.05, 0.1) is 4.88 Å². The molecule has 3 rings (SSSR count). The number of benzene rings is 1. The van der Waals surface area contributed by atoms with Gasteiger partial charge in [0.1, 0.15) is 0 Å². The van der Waals surface area contributed by atoms with Crippen LogP contribution in [0.1, 0.15) is 48.8 Å². The van der Waals surface area contributed by atoms with Crippen LogP contribution in [0.3, 0.4) is 0 Å². The van der Waals surface area contributed by atoms with Gasteiger partial charge in [0.2, 0.25) is 0 Å². The van der Waals surface area contributed by atoms with E-state index < -0.39 is 0 Å². The second-order valence-electron chi connectivity index (χ2n) is 4.98. The topological polar surface area (TPSA) is 20.3 Å². The van der Waals surface area contributed by atoms with Crippen molar-refractivity contribution in [1.29, 1.82) is 0 Å². The number of amides is 1. The van der Waals surface area contributed by atoms with Gasteiger partial charge in [-0.05, 0) is 42.3 Å². The molecule has 1 amide bonds. The molecule has 0 radical (unpaired) electrons. The Hall–Kier alpha value is -1.35. The number of carbonyl (C=O) groups excluding carboxylic acids is 1. The Bertz CT molecular complexity index is 598. The smallest absolute Gasteiger partial charge is 0.263 e. The lowest BCUT2D eigenvalue weighted by atomic mass is 10.1. The van der Waals surface area contributed by atoms with Gasteiger partial charge in [0.15, 0.2) is 0 Å². The first-order chi connectivity index (χ1) is 9.69. The maximum absolute atomic E-state index is 12.3. The van der Waals surface area contributed by atoms with Crippen molar-refractivity contribution in [2.45, 2.75) is 46.1 Å². The highest BCUT2D eigenvalue weighted by molar-refractivity contribution is 7.20. The molecule has 0 saturated heterocycles. The molecule has 1 aromatic carbocycles. The maximum atomic E-state index is 12.3. The van der Waals surface area contributed by atoms with Gasteiger partial charge >= 0.3 is 0 Å². The largest absolute Gasteiger partial charge is 0.338 e. The van der Waals surface area contributed by atoms with Crippen molar-refractivity contribution in [1.82, 2.24) is 4.90 Å². The lowest BCUT2D eigenvalue weighted by molar-refractivity contribution is 0.0790. The summed E-state index contributed by atoms with van der Waals surface area (Å²) in [5.41, 5.74) is 1.33. The van der Waals surface area contributed by atoms with E-state index in [0.717, 1.165) is 24.1 Å². The van der Waals surface area contributed by atoms with Crippen molar-refractivity contribution in [2.75, 3.05) is 7.05 Å². The van der Waals surface area contributed by atoms with E-state index in [2.05, 4.69) is 25.1 Å². The number of hydrogen-bond acceptors (Lipinski definition) is 2. The van der Waals surface area contributed by atoms with E-state index in [9.17, 15) is 4.79 Å². The number of rotatable bonds is 3. The van der Waals surface area contributed by atoms with E-state index in [1.807, 2.05) is 31.9 Å². The summed E-state index contributed by atoms with van der Waals surface area (Å²) in [6.45, 7) is 6.15. The lowest BCUT2D eigenvalue weighted by Gasteiger charge is -2.14. The van der Waals surface area contributed by atoms with Crippen molar-refractivity contribution in [3.63, 3.8) is 0 Å². The van der Waals surface area contributed by atoms with E-state index in [1.165, 1.54) is 15.6 Å². The number of thiophene rings is 1. The summed E-state index contributed by atoms with van der Waals surface area (Å²) in [5.74, 6) is 0.178. The molecule has 2 nitrogen and oxygen atoms in total. The minimum absolute atomic E-state index is 0.178. The molecule has 0 spiro atoms. The number of fused-ring (bicyclic) bond motifs is 1. The molecule has 1 aliphatic carbocycles. The van der Waals surface area contributed by atoms with Gasteiger partial charge in [-0.25, -0.2) is 0 Å². The van der Waals surface area contributed by atoms with Gasteiger partial charge in [0.25, 0.3) is 5.91 Å². The molecule has 0 bridgehead atoms. The molecule has 1 aliphatic rings. The molecular weight excluding hydrogens is 266 g/mol. The number of nitrogens with zero attached hydrogens (tertiary/aromatic N) is 1. The molecule has 20 heavy (non-hydrogen) atoms. The first kappa shape index (κ1) is 15.0. The Labute approximate surface area is 125 Å². The van der Waals surface area contributed by atoms with Crippen LogP contribution in [0.4, 0.5) is 0 Å². The minimum atomic E-state index is 0.178. The predicted molar refractivity (Wildman–Crippen MR) is 87.7 cm³/mol. The third-order valence-electron chi connectivity index (χ3n) is 3.62. The molecule has 1 fully saturated rings. The molecule has 3 heteroatoms. The summed E-state index contributed by atoms with van der Waals surface area (Å²) in [4.78, 5) is 15.0. The number of aryl methyl sites for hydroxylation is 1. The SMILES string of the molecule is CC.CCc1ccc2cc(C(=O)N(C)C3CC3)sc2c1. The Balaban J connectivity index is 0.000000704. The summed E-state index contributed by atoms with van der Waals surface area (Å²) in [6, 6.07) is 8.98. The van der Waals surface area contributed by atoms with E-state index in [0.29, 0.717) is 6.04 Å². The quantitative estimate of drug-likeness (QED) is 0.800. The first-order valence-electron chi connectivity index (χ1n) is 7.48. The summed E-state index contributed by atoms with van der Waals surface area (Å²) in [5, 5.41) is 1.18. The predicted octanol–water partition coefficient (Wildman–Crippen LogP) is 4.72. The highest BCUT2D eigenvalue weighted by Crippen LogP contribution is 2.31. The molecule has 1 aromatic heterocycles. The number of carbonyl (C=O) groups is 1. The van der Waals surface area contributed by atoms with Gasteiger partial charge in [-0.1, -0.05) is 32.9 Å². The summed E-state index contributed by atoms with van der Waals surface area (Å²) >= 11 is 1.62. The fourth-order valence-corrected chi connectivity index (χ4v) is 3.31. The molecule has 108 valence electrons. The molecule has 0 unspecified atom stereocenters. The van der Waals surface area contributed by atoms with Crippen LogP contribution < -0.4 is 0 Å². The average molecular weight is 289 g/mol. The van der Waals surface area contributed by atoms with Crippen LogP contribution in [0, 0.1) is 0 Å². The fourth-order valence-electron chi connectivity index (χ4n) is 2.20. The second kappa shape index (κ2) is 6.40. The zero-order valence-corrected chi connectivity index (χ0v) is 13.6. The van der Waals surface area contributed by atoms with Crippen molar-refractivity contribution in [2.24, 2.45) is 0 Å². The highest BCUT2D eigenvalue weighted by Gasteiger charge is 2.30. The van der Waals surface area contributed by atoms with E-state index in [1.54, 1.807) is 11.3 Å². The molecule has 1 saturated carbocycles. The molecule has 0 atom stereocenters. The van der Waals surface area contributed by atoms with Crippen LogP contribution in [0.5, 0.6) is 0 Å². The Kier molecular flexibility index (Phi) is 4.81. The zero-order chi connectivity index (χ0) is 14.7. The molecule has 0 N–H and O–H groups in total. The Morgan fingerprint density at radius 1 is 1.30 bits per heavy atom. The highest BCUT2D eigenvalue weighted by atomic mass is 32.1. The van der Waals surface area contributed by atoms with Crippen molar-refractivity contribution in [3.05, 3.63) is 34.7 Å². The first-order valence-corrected chi connectivity index (χ1v) is 8.30. The summed E-state index contributed by atoms with van der Waals surface area (Å²) < 4.78 is 1.22. The lowest BCUT2D eigenvalue weighted by Crippen LogP contribution is -2.27. The van der Waals surface area contributed by atoms with Crippen LogP contribution >= 0.6 is 11.3 Å². The Morgan fingerprint density at radius 2 is 2.00 bits per heavy atom. The van der Waals surface area contributed by atoms with Gasteiger partial charge in [-0.2, -0.15) is 0 Å². The molecule has 1 heterocycles. The third-order valence-corrected chi connectivity index (χ3v) is 4.70. The zero-order valence-electron chi connectivity index (χ0n) is 12.8. The monoisotopic (exact) mass is 289 g/mol. The van der Waals surface area contributed by atoms with E-state index in [-0.39, 0.29) is 5.91 Å². The van der Waals surface area contributed by atoms with Gasteiger partial charge in [-0.15, -0.1) is 11.3 Å². The van der Waals surface area contributed by atoms with Gasteiger partial charge < -0.3 is 4.90 Å². The van der Waals surface area contributed by atoms with Crippen LogP contribution in [-0.4, -0.2) is 23.9 Å². The number of hydrogen-bond donors (Lipinski definition) is 0. The van der Waals surface area contributed by atoms with Crippen LogP contribution in [-0.2, 0) is 6.42 Å². The van der Waals surface area contributed by atoms with E-state index in [4.69, 9.17) is 0 Å². The molecular formula is C17H23NOS. The summed E-state index contributed by atoms with van der Waals surface area (Å²) in [6.07, 6.45) is 3.36. The van der Waals surface area contributed by atoms with E-state index >= 15 is 0 Å². The molecule has 2 aromatic rings. The van der Waals surface area contributed by atoms with Crippen molar-refractivity contribution >= 4 is 27.3 Å². The van der Waals surface area contributed by atoms with Gasteiger partial charge in [0, 0.05) is 17.8 Å². The minimum Gasteiger partial charge on any atom is -0.338 e. The van der Waals surface area contributed by atoms with Crippen LogP contribution in [0.2, 0.25) is 0 Å². The van der Waals surface area contributed by atoms with Crippen LogP contribution in [0.15, 0.2) is 24.3 Å². The maximum Gasteiger partial charge on any atom is 0.263 e.